The number of ether oxygens (including phenoxy) is 1. The Labute approximate surface area is 142 Å². The van der Waals surface area contributed by atoms with Gasteiger partial charge in [0.05, 0.1) is 6.61 Å². The second-order valence-electron chi connectivity index (χ2n) is 6.56. The molecule has 1 aromatic carbocycles. The Bertz CT molecular complexity index is 432. The molecule has 0 fully saturated rings. The molecule has 0 aliphatic heterocycles. The van der Waals surface area contributed by atoms with Crippen molar-refractivity contribution in [3.8, 4) is 5.75 Å². The molecule has 132 valence electrons. The normalized spacial score (nSPS) is 17.7. The van der Waals surface area contributed by atoms with Crippen molar-refractivity contribution >= 4 is 0 Å². The van der Waals surface area contributed by atoms with Crippen LogP contribution in [0.5, 0.6) is 5.75 Å². The highest BCUT2D eigenvalue weighted by atomic mass is 16.5. The smallest absolute Gasteiger partial charge is 0.119 e. The van der Waals surface area contributed by atoms with Gasteiger partial charge >= 0.3 is 0 Å². The Kier molecular flexibility index (Phi) is 9.97. The van der Waals surface area contributed by atoms with E-state index in [0.29, 0.717) is 12.0 Å². The molecule has 0 saturated carbocycles. The molecule has 0 bridgehead atoms. The van der Waals surface area contributed by atoms with Gasteiger partial charge in [-0.3, -0.25) is 0 Å². The lowest BCUT2D eigenvalue weighted by atomic mass is 9.81. The molecule has 0 spiro atoms. The minimum absolute atomic E-state index is 0.303. The van der Waals surface area contributed by atoms with Gasteiger partial charge in [-0.1, -0.05) is 38.7 Å². The van der Waals surface area contributed by atoms with Crippen LogP contribution in [0, 0.1) is 5.92 Å². The van der Waals surface area contributed by atoms with Crippen LogP contribution >= 0.6 is 0 Å². The fraction of sp³-hybridized carbons (Fsp3) is 0.700. The van der Waals surface area contributed by atoms with Crippen molar-refractivity contribution in [2.75, 3.05) is 13.7 Å². The highest BCUT2D eigenvalue weighted by molar-refractivity contribution is 5.37. The number of unbranched alkanes of at least 4 members (excludes halogenated alkanes) is 4. The standard InChI is InChI=1S/C19H31NO.CH4O/c1-3-4-5-6-7-12-21-19-11-10-17-13-16(15(2)20)8-9-18(17)14-19;1-2/h10-11,14-16H,3-9,12-13,20H2,1-2H3;2H,1H3/t15-,16?;/m0./s1. The van der Waals surface area contributed by atoms with Crippen molar-refractivity contribution in [3.63, 3.8) is 0 Å². The zero-order valence-corrected chi connectivity index (χ0v) is 15.2. The van der Waals surface area contributed by atoms with E-state index >= 15 is 0 Å². The molecule has 3 nitrogen and oxygen atoms in total. The van der Waals surface area contributed by atoms with E-state index in [1.165, 1.54) is 49.7 Å². The lowest BCUT2D eigenvalue weighted by molar-refractivity contribution is 0.303. The van der Waals surface area contributed by atoms with Crippen LogP contribution in [0.4, 0.5) is 0 Å². The predicted molar refractivity (Wildman–Crippen MR) is 98.0 cm³/mol. The Balaban J connectivity index is 0.00000127. The van der Waals surface area contributed by atoms with Gasteiger partial charge in [-0.15, -0.1) is 0 Å². The molecule has 0 saturated heterocycles. The summed E-state index contributed by atoms with van der Waals surface area (Å²) in [4.78, 5) is 0. The Hall–Kier alpha value is -1.06. The van der Waals surface area contributed by atoms with Crippen LogP contribution in [0.25, 0.3) is 0 Å². The minimum atomic E-state index is 0.303. The van der Waals surface area contributed by atoms with Gasteiger partial charge in [0.2, 0.25) is 0 Å². The number of hydrogen-bond donors (Lipinski definition) is 2. The molecule has 23 heavy (non-hydrogen) atoms. The van der Waals surface area contributed by atoms with Crippen molar-refractivity contribution < 1.29 is 9.84 Å². The Morgan fingerprint density at radius 2 is 1.91 bits per heavy atom. The average molecular weight is 322 g/mol. The van der Waals surface area contributed by atoms with Crippen molar-refractivity contribution in [1.82, 2.24) is 0 Å². The maximum atomic E-state index is 7.00. The molecule has 0 aromatic heterocycles. The number of fused-ring (bicyclic) bond motifs is 1. The molecule has 0 radical (unpaired) electrons. The maximum absolute atomic E-state index is 7.00. The van der Waals surface area contributed by atoms with Crippen molar-refractivity contribution in [2.24, 2.45) is 11.7 Å². The third kappa shape index (κ3) is 6.92. The second-order valence-corrected chi connectivity index (χ2v) is 6.56. The largest absolute Gasteiger partial charge is 0.494 e. The number of nitrogens with two attached hydrogens (primary N) is 1. The van der Waals surface area contributed by atoms with Crippen LogP contribution in [-0.2, 0) is 12.8 Å². The average Bonchev–Trinajstić information content (AvgIpc) is 2.59. The van der Waals surface area contributed by atoms with Gasteiger partial charge < -0.3 is 15.6 Å². The summed E-state index contributed by atoms with van der Waals surface area (Å²) in [5.74, 6) is 1.69. The van der Waals surface area contributed by atoms with Gasteiger partial charge in [0.15, 0.2) is 0 Å². The number of benzene rings is 1. The molecule has 1 unspecified atom stereocenters. The zero-order chi connectivity index (χ0) is 17.1. The van der Waals surface area contributed by atoms with E-state index in [9.17, 15) is 0 Å². The Morgan fingerprint density at radius 3 is 2.61 bits per heavy atom. The number of aliphatic hydroxyl groups is 1. The van der Waals surface area contributed by atoms with Crippen LogP contribution in [0.15, 0.2) is 18.2 Å². The monoisotopic (exact) mass is 321 g/mol. The summed E-state index contributed by atoms with van der Waals surface area (Å²) >= 11 is 0. The summed E-state index contributed by atoms with van der Waals surface area (Å²) in [6.07, 6.45) is 9.93. The van der Waals surface area contributed by atoms with E-state index < -0.39 is 0 Å². The number of rotatable bonds is 8. The van der Waals surface area contributed by atoms with Gasteiger partial charge in [-0.05, 0) is 61.8 Å². The van der Waals surface area contributed by atoms with Crippen LogP contribution in [-0.4, -0.2) is 24.9 Å². The number of aliphatic hydroxyl groups excluding tert-OH is 1. The van der Waals surface area contributed by atoms with E-state index in [2.05, 4.69) is 32.0 Å². The van der Waals surface area contributed by atoms with Gasteiger partial charge in [-0.2, -0.15) is 0 Å². The molecule has 2 rings (SSSR count). The third-order valence-electron chi connectivity index (χ3n) is 4.70. The predicted octanol–water partition coefficient (Wildman–Crippen LogP) is 4.10. The van der Waals surface area contributed by atoms with Gasteiger partial charge in [-0.25, -0.2) is 0 Å². The minimum Gasteiger partial charge on any atom is -0.494 e. The third-order valence-corrected chi connectivity index (χ3v) is 4.70. The molecule has 1 aromatic rings. The summed E-state index contributed by atoms with van der Waals surface area (Å²) in [5.41, 5.74) is 8.98. The lowest BCUT2D eigenvalue weighted by Crippen LogP contribution is -2.31. The maximum Gasteiger partial charge on any atom is 0.119 e. The van der Waals surface area contributed by atoms with E-state index in [-0.39, 0.29) is 0 Å². The van der Waals surface area contributed by atoms with Gasteiger partial charge in [0.1, 0.15) is 5.75 Å². The number of hydrogen-bond acceptors (Lipinski definition) is 3. The van der Waals surface area contributed by atoms with Crippen LogP contribution < -0.4 is 10.5 Å². The van der Waals surface area contributed by atoms with E-state index in [4.69, 9.17) is 15.6 Å². The summed E-state index contributed by atoms with van der Waals surface area (Å²) < 4.78 is 5.90. The fourth-order valence-electron chi connectivity index (χ4n) is 3.19. The fourth-order valence-corrected chi connectivity index (χ4v) is 3.19. The molecule has 3 heteroatoms. The molecular formula is C20H35NO2. The SMILES string of the molecule is CCCCCCCOc1ccc2c(c1)CCC([C@H](C)N)C2.CO. The molecule has 3 N–H and O–H groups in total. The summed E-state index contributed by atoms with van der Waals surface area (Å²) in [6, 6.07) is 6.93. The first kappa shape index (κ1) is 20.0. The molecule has 1 aliphatic rings. The van der Waals surface area contributed by atoms with Crippen LogP contribution in [0.1, 0.15) is 63.5 Å². The molecule has 0 amide bonds. The van der Waals surface area contributed by atoms with Crippen molar-refractivity contribution in [3.05, 3.63) is 29.3 Å². The van der Waals surface area contributed by atoms with Crippen LogP contribution in [0.3, 0.4) is 0 Å². The summed E-state index contributed by atoms with van der Waals surface area (Å²) in [5, 5.41) is 7.00. The highest BCUT2D eigenvalue weighted by Gasteiger charge is 2.21. The molecule has 0 heterocycles. The first-order valence-corrected chi connectivity index (χ1v) is 9.15. The van der Waals surface area contributed by atoms with Gasteiger partial charge in [0.25, 0.3) is 0 Å². The first-order chi connectivity index (χ1) is 11.2. The zero-order valence-electron chi connectivity index (χ0n) is 15.2. The van der Waals surface area contributed by atoms with Crippen LogP contribution in [0.2, 0.25) is 0 Å². The topological polar surface area (TPSA) is 55.5 Å². The lowest BCUT2D eigenvalue weighted by Gasteiger charge is -2.27. The molecule has 1 aliphatic carbocycles. The highest BCUT2D eigenvalue weighted by Crippen LogP contribution is 2.29. The molecule has 2 atom stereocenters. The van der Waals surface area contributed by atoms with E-state index in [1.54, 1.807) is 0 Å². The molecular weight excluding hydrogens is 286 g/mol. The van der Waals surface area contributed by atoms with Crippen molar-refractivity contribution in [1.29, 1.82) is 0 Å². The Morgan fingerprint density at radius 1 is 1.17 bits per heavy atom. The number of aryl methyl sites for hydroxylation is 1. The van der Waals surface area contributed by atoms with Gasteiger partial charge in [0, 0.05) is 13.2 Å². The van der Waals surface area contributed by atoms with E-state index in [0.717, 1.165) is 32.3 Å². The first-order valence-electron chi connectivity index (χ1n) is 9.15. The second kappa shape index (κ2) is 11.5. The summed E-state index contributed by atoms with van der Waals surface area (Å²) in [7, 11) is 1.00. The van der Waals surface area contributed by atoms with Crippen molar-refractivity contribution in [2.45, 2.75) is 71.3 Å². The van der Waals surface area contributed by atoms with E-state index in [1.807, 2.05) is 0 Å². The quantitative estimate of drug-likeness (QED) is 0.709. The summed E-state index contributed by atoms with van der Waals surface area (Å²) in [6.45, 7) is 5.23.